The number of aliphatic hydroxyl groups excluding tert-OH is 1. The molecule has 1 heterocycles. The number of hydrogen-bond donors (Lipinski definition) is 4. The highest BCUT2D eigenvalue weighted by atomic mass is 16.5. The number of amides is 1. The highest BCUT2D eigenvalue weighted by Crippen LogP contribution is 2.14. The molecule has 0 saturated carbocycles. The number of aliphatic carboxylic acids is 1. The summed E-state index contributed by atoms with van der Waals surface area (Å²) in [6, 6.07) is -1.36. The first kappa shape index (κ1) is 13.9. The molecule has 0 aromatic rings. The van der Waals surface area contributed by atoms with E-state index in [9.17, 15) is 9.59 Å². The maximum absolute atomic E-state index is 11.8. The van der Waals surface area contributed by atoms with Gasteiger partial charge in [-0.05, 0) is 6.54 Å². The minimum absolute atomic E-state index is 0.104. The largest absolute Gasteiger partial charge is 0.480 e. The molecule has 98 valence electrons. The summed E-state index contributed by atoms with van der Waals surface area (Å²) in [6.07, 6.45) is 0. The summed E-state index contributed by atoms with van der Waals surface area (Å²) in [5, 5.41) is 22.9. The molecule has 7 heteroatoms. The molecule has 3 atom stereocenters. The molecule has 1 fully saturated rings. The average molecular weight is 246 g/mol. The van der Waals surface area contributed by atoms with E-state index in [4.69, 9.17) is 14.9 Å². The molecule has 0 bridgehead atoms. The maximum atomic E-state index is 11.8. The van der Waals surface area contributed by atoms with Crippen LogP contribution in [0, 0.1) is 5.92 Å². The number of hydrogen-bond acceptors (Lipinski definition) is 5. The van der Waals surface area contributed by atoms with Gasteiger partial charge in [-0.2, -0.15) is 0 Å². The number of aliphatic hydroxyl groups is 1. The van der Waals surface area contributed by atoms with E-state index >= 15 is 0 Å². The lowest BCUT2D eigenvalue weighted by Crippen LogP contribution is -2.50. The molecule has 7 nitrogen and oxygen atoms in total. The smallest absolute Gasteiger partial charge is 0.328 e. The normalized spacial score (nSPS) is 25.5. The number of carboxylic acid groups (broad SMARTS) is 1. The van der Waals surface area contributed by atoms with Crippen molar-refractivity contribution in [2.24, 2.45) is 5.92 Å². The fraction of sp³-hybridized carbons (Fsp3) is 0.800. The molecular formula is C10H18N2O5. The van der Waals surface area contributed by atoms with E-state index in [-0.39, 0.29) is 12.6 Å². The third kappa shape index (κ3) is 3.65. The summed E-state index contributed by atoms with van der Waals surface area (Å²) in [5.74, 6) is -2.07. The van der Waals surface area contributed by atoms with Gasteiger partial charge in [0.05, 0.1) is 25.7 Å². The molecule has 17 heavy (non-hydrogen) atoms. The van der Waals surface area contributed by atoms with Crippen LogP contribution in [0.3, 0.4) is 0 Å². The van der Waals surface area contributed by atoms with E-state index in [0.717, 1.165) is 0 Å². The molecule has 1 aliphatic rings. The van der Waals surface area contributed by atoms with Crippen LogP contribution in [-0.2, 0) is 14.3 Å². The summed E-state index contributed by atoms with van der Waals surface area (Å²) in [5.41, 5.74) is 0. The van der Waals surface area contributed by atoms with Crippen LogP contribution in [0.25, 0.3) is 0 Å². The zero-order valence-electron chi connectivity index (χ0n) is 9.68. The molecule has 0 aromatic carbocycles. The third-order valence-electron chi connectivity index (χ3n) is 2.68. The molecule has 0 spiro atoms. The van der Waals surface area contributed by atoms with Gasteiger partial charge in [-0.1, -0.05) is 6.92 Å². The predicted molar refractivity (Wildman–Crippen MR) is 58.4 cm³/mol. The lowest BCUT2D eigenvalue weighted by Gasteiger charge is -2.19. The number of carbonyl (C=O) groups is 2. The summed E-state index contributed by atoms with van der Waals surface area (Å²) in [4.78, 5) is 22.5. The van der Waals surface area contributed by atoms with Crippen molar-refractivity contribution in [1.82, 2.24) is 10.6 Å². The molecule has 4 N–H and O–H groups in total. The van der Waals surface area contributed by atoms with Crippen molar-refractivity contribution in [3.63, 3.8) is 0 Å². The van der Waals surface area contributed by atoms with Crippen LogP contribution in [0.4, 0.5) is 0 Å². The highest BCUT2D eigenvalue weighted by Gasteiger charge is 2.35. The minimum Gasteiger partial charge on any atom is -0.480 e. The van der Waals surface area contributed by atoms with Crippen molar-refractivity contribution in [2.45, 2.75) is 19.0 Å². The number of carboxylic acids is 1. The van der Waals surface area contributed by atoms with Crippen LogP contribution >= 0.6 is 0 Å². The number of rotatable bonds is 6. The molecule has 0 aromatic heterocycles. The Kier molecular flexibility index (Phi) is 5.33. The van der Waals surface area contributed by atoms with Gasteiger partial charge >= 0.3 is 5.97 Å². The number of ether oxygens (including phenoxy) is 1. The van der Waals surface area contributed by atoms with Gasteiger partial charge in [0.1, 0.15) is 6.04 Å². The topological polar surface area (TPSA) is 108 Å². The Hall–Kier alpha value is -1.18. The van der Waals surface area contributed by atoms with E-state index in [2.05, 4.69) is 10.6 Å². The maximum Gasteiger partial charge on any atom is 0.328 e. The molecular weight excluding hydrogens is 228 g/mol. The first-order chi connectivity index (χ1) is 8.10. The first-order valence-corrected chi connectivity index (χ1v) is 5.55. The van der Waals surface area contributed by atoms with Crippen LogP contribution in [0.2, 0.25) is 0 Å². The van der Waals surface area contributed by atoms with Crippen LogP contribution in [0.5, 0.6) is 0 Å². The van der Waals surface area contributed by atoms with Gasteiger partial charge in [0.2, 0.25) is 5.91 Å². The number of likely N-dealkylation sites (N-methyl/N-ethyl adjacent to an activating group) is 1. The summed E-state index contributed by atoms with van der Waals surface area (Å²) < 4.78 is 5.19. The van der Waals surface area contributed by atoms with E-state index in [1.807, 2.05) is 6.92 Å². The lowest BCUT2D eigenvalue weighted by atomic mass is 10.0. The monoisotopic (exact) mass is 246 g/mol. The second-order valence-corrected chi connectivity index (χ2v) is 3.89. The quantitative estimate of drug-likeness (QED) is 0.439. The van der Waals surface area contributed by atoms with Gasteiger partial charge < -0.3 is 25.6 Å². The van der Waals surface area contributed by atoms with Crippen LogP contribution in [0.15, 0.2) is 0 Å². The van der Waals surface area contributed by atoms with Crippen LogP contribution in [0.1, 0.15) is 6.92 Å². The fourth-order valence-electron chi connectivity index (χ4n) is 1.74. The Balaban J connectivity index is 2.53. The second kappa shape index (κ2) is 6.53. The first-order valence-electron chi connectivity index (χ1n) is 5.55. The Morgan fingerprint density at radius 3 is 2.71 bits per heavy atom. The molecule has 0 radical (unpaired) electrons. The SMILES string of the molecule is CCNC1COCC1C(=O)N[C@H](CO)C(=O)O. The number of nitrogens with one attached hydrogen (secondary N) is 2. The van der Waals surface area contributed by atoms with Gasteiger partial charge in [0.25, 0.3) is 0 Å². The van der Waals surface area contributed by atoms with Crippen molar-refractivity contribution in [3.8, 4) is 0 Å². The Labute approximate surface area is 99.1 Å². The van der Waals surface area contributed by atoms with E-state index < -0.39 is 30.4 Å². The zero-order valence-corrected chi connectivity index (χ0v) is 9.68. The average Bonchev–Trinajstić information content (AvgIpc) is 2.74. The Morgan fingerprint density at radius 2 is 2.18 bits per heavy atom. The Morgan fingerprint density at radius 1 is 1.47 bits per heavy atom. The second-order valence-electron chi connectivity index (χ2n) is 3.89. The highest BCUT2D eigenvalue weighted by molar-refractivity contribution is 5.85. The Bertz CT molecular complexity index is 284. The number of carbonyl (C=O) groups excluding carboxylic acids is 1. The van der Waals surface area contributed by atoms with Crippen molar-refractivity contribution < 1.29 is 24.5 Å². The molecule has 1 aliphatic heterocycles. The summed E-state index contributed by atoms with van der Waals surface area (Å²) >= 11 is 0. The van der Waals surface area contributed by atoms with Crippen molar-refractivity contribution >= 4 is 11.9 Å². The van der Waals surface area contributed by atoms with Gasteiger partial charge in [0.15, 0.2) is 0 Å². The van der Waals surface area contributed by atoms with Gasteiger partial charge in [0, 0.05) is 6.04 Å². The standard InChI is InChI=1S/C10H18N2O5/c1-2-11-8-5-17-4-6(8)9(14)12-7(3-13)10(15)16/h6-8,11,13H,2-5H2,1H3,(H,12,14)(H,15,16)/t6?,7-,8?/m1/s1. The van der Waals surface area contributed by atoms with Crippen LogP contribution in [-0.4, -0.2) is 60.5 Å². The summed E-state index contributed by atoms with van der Waals surface area (Å²) in [7, 11) is 0. The molecule has 1 amide bonds. The minimum atomic E-state index is -1.26. The zero-order chi connectivity index (χ0) is 12.8. The van der Waals surface area contributed by atoms with Gasteiger partial charge in [-0.25, -0.2) is 4.79 Å². The molecule has 1 saturated heterocycles. The van der Waals surface area contributed by atoms with Crippen molar-refractivity contribution in [3.05, 3.63) is 0 Å². The van der Waals surface area contributed by atoms with E-state index in [1.54, 1.807) is 0 Å². The molecule has 1 rings (SSSR count). The predicted octanol–water partition coefficient (Wildman–Crippen LogP) is -1.83. The van der Waals surface area contributed by atoms with E-state index in [1.165, 1.54) is 0 Å². The molecule has 2 unspecified atom stereocenters. The van der Waals surface area contributed by atoms with Crippen molar-refractivity contribution in [1.29, 1.82) is 0 Å². The third-order valence-corrected chi connectivity index (χ3v) is 2.68. The van der Waals surface area contributed by atoms with Crippen LogP contribution < -0.4 is 10.6 Å². The fourth-order valence-corrected chi connectivity index (χ4v) is 1.74. The summed E-state index contributed by atoms with van der Waals surface area (Å²) in [6.45, 7) is 2.70. The van der Waals surface area contributed by atoms with Gasteiger partial charge in [-0.15, -0.1) is 0 Å². The molecule has 0 aliphatic carbocycles. The van der Waals surface area contributed by atoms with E-state index in [0.29, 0.717) is 13.2 Å². The van der Waals surface area contributed by atoms with Crippen molar-refractivity contribution in [2.75, 3.05) is 26.4 Å². The lowest BCUT2D eigenvalue weighted by molar-refractivity contribution is -0.143. The van der Waals surface area contributed by atoms with Gasteiger partial charge in [-0.3, -0.25) is 4.79 Å².